The number of hydrogen-bond acceptors (Lipinski definition) is 4. The Labute approximate surface area is 109 Å². The van der Waals surface area contributed by atoms with Gasteiger partial charge in [-0.3, -0.25) is 9.89 Å². The molecule has 1 N–H and O–H groups in total. The molecule has 0 saturated heterocycles. The van der Waals surface area contributed by atoms with E-state index in [1.165, 1.54) is 0 Å². The van der Waals surface area contributed by atoms with Gasteiger partial charge < -0.3 is 4.90 Å². The largest absolute Gasteiger partial charge is 0.334 e. The van der Waals surface area contributed by atoms with Gasteiger partial charge in [-0.05, 0) is 24.3 Å². The zero-order valence-electron chi connectivity index (χ0n) is 10.1. The van der Waals surface area contributed by atoms with Crippen LogP contribution in [-0.4, -0.2) is 33.0 Å². The summed E-state index contributed by atoms with van der Waals surface area (Å²) in [5, 5.41) is 8.87. The van der Waals surface area contributed by atoms with E-state index < -0.39 is 0 Å². The molecule has 0 unspecified atom stereocenters. The van der Waals surface area contributed by atoms with E-state index in [4.69, 9.17) is 0 Å². The Morgan fingerprint density at radius 1 is 1.61 bits per heavy atom. The first-order valence-electron chi connectivity index (χ1n) is 5.94. The van der Waals surface area contributed by atoms with Crippen LogP contribution in [-0.2, 0) is 6.54 Å². The van der Waals surface area contributed by atoms with Gasteiger partial charge in [0.25, 0.3) is 5.91 Å². The van der Waals surface area contributed by atoms with Crippen LogP contribution in [0.15, 0.2) is 17.5 Å². The number of carbonyl (C=O) groups excluding carboxylic acids is 1. The Balaban J connectivity index is 1.68. The molecule has 1 aliphatic rings. The Bertz CT molecular complexity index is 544. The van der Waals surface area contributed by atoms with Gasteiger partial charge in [0.05, 0.1) is 6.54 Å². The van der Waals surface area contributed by atoms with Gasteiger partial charge in [0.1, 0.15) is 5.82 Å². The van der Waals surface area contributed by atoms with Gasteiger partial charge in [0.2, 0.25) is 5.82 Å². The van der Waals surface area contributed by atoms with E-state index in [0.717, 1.165) is 23.5 Å². The molecule has 3 rings (SSSR count). The number of aromatic nitrogens is 3. The van der Waals surface area contributed by atoms with Crippen molar-refractivity contribution in [3.8, 4) is 0 Å². The average molecular weight is 262 g/mol. The lowest BCUT2D eigenvalue weighted by Gasteiger charge is -2.13. The Morgan fingerprint density at radius 2 is 2.44 bits per heavy atom. The second kappa shape index (κ2) is 4.53. The number of carbonyl (C=O) groups is 1. The third-order valence-corrected chi connectivity index (χ3v) is 3.84. The molecule has 0 bridgehead atoms. The van der Waals surface area contributed by atoms with Gasteiger partial charge in [-0.2, -0.15) is 0 Å². The normalized spacial score (nSPS) is 14.7. The summed E-state index contributed by atoms with van der Waals surface area (Å²) >= 11 is 1.64. The van der Waals surface area contributed by atoms with Crippen molar-refractivity contribution in [2.75, 3.05) is 7.05 Å². The van der Waals surface area contributed by atoms with Crippen LogP contribution in [0, 0.1) is 0 Å². The van der Waals surface area contributed by atoms with Crippen LogP contribution in [0.5, 0.6) is 0 Å². The molecule has 0 aliphatic heterocycles. The van der Waals surface area contributed by atoms with Crippen LogP contribution in [0.25, 0.3) is 0 Å². The summed E-state index contributed by atoms with van der Waals surface area (Å²) in [5.74, 6) is 1.48. The smallest absolute Gasteiger partial charge is 0.293 e. The molecule has 1 saturated carbocycles. The zero-order valence-corrected chi connectivity index (χ0v) is 10.9. The van der Waals surface area contributed by atoms with E-state index in [2.05, 4.69) is 15.2 Å². The van der Waals surface area contributed by atoms with E-state index >= 15 is 0 Å². The van der Waals surface area contributed by atoms with Crippen molar-refractivity contribution >= 4 is 17.2 Å². The number of H-pyrrole nitrogens is 1. The summed E-state index contributed by atoms with van der Waals surface area (Å²) in [6, 6.07) is 4.00. The van der Waals surface area contributed by atoms with Crippen LogP contribution in [0.3, 0.4) is 0 Å². The van der Waals surface area contributed by atoms with Crippen molar-refractivity contribution in [3.63, 3.8) is 0 Å². The SMILES string of the molecule is CN(Cc1cccs1)C(=O)c1n[nH]c(C2CC2)n1. The van der Waals surface area contributed by atoms with E-state index in [1.54, 1.807) is 23.3 Å². The highest BCUT2D eigenvalue weighted by Crippen LogP contribution is 2.37. The number of nitrogens with one attached hydrogen (secondary N) is 1. The minimum absolute atomic E-state index is 0.133. The molecule has 0 aromatic carbocycles. The second-order valence-corrected chi connectivity index (χ2v) is 5.59. The van der Waals surface area contributed by atoms with Gasteiger partial charge >= 0.3 is 0 Å². The molecule has 2 aromatic rings. The Kier molecular flexibility index (Phi) is 2.87. The Hall–Kier alpha value is -1.69. The Morgan fingerprint density at radius 3 is 3.11 bits per heavy atom. The van der Waals surface area contributed by atoms with Crippen LogP contribution in [0.4, 0.5) is 0 Å². The number of nitrogens with zero attached hydrogens (tertiary/aromatic N) is 3. The topological polar surface area (TPSA) is 61.9 Å². The molecule has 6 heteroatoms. The molecule has 1 aliphatic carbocycles. The first-order chi connectivity index (χ1) is 8.74. The van der Waals surface area contributed by atoms with Crippen LogP contribution in [0.2, 0.25) is 0 Å². The van der Waals surface area contributed by atoms with Crippen molar-refractivity contribution in [1.82, 2.24) is 20.1 Å². The molecular formula is C12H14N4OS. The van der Waals surface area contributed by atoms with Crippen molar-refractivity contribution in [1.29, 1.82) is 0 Å². The summed E-state index contributed by atoms with van der Waals surface area (Å²) < 4.78 is 0. The minimum atomic E-state index is -0.133. The third kappa shape index (κ3) is 2.28. The number of thiophene rings is 1. The maximum Gasteiger partial charge on any atom is 0.293 e. The van der Waals surface area contributed by atoms with Crippen molar-refractivity contribution in [2.24, 2.45) is 0 Å². The molecule has 0 spiro atoms. The van der Waals surface area contributed by atoms with Crippen LogP contribution < -0.4 is 0 Å². The third-order valence-electron chi connectivity index (χ3n) is 2.98. The number of rotatable bonds is 4. The summed E-state index contributed by atoms with van der Waals surface area (Å²) in [6.45, 7) is 0.601. The van der Waals surface area contributed by atoms with Crippen molar-refractivity contribution < 1.29 is 4.79 Å². The molecule has 5 nitrogen and oxygen atoms in total. The molecule has 2 aromatic heterocycles. The molecule has 0 atom stereocenters. The van der Waals surface area contributed by atoms with E-state index in [1.807, 2.05) is 17.5 Å². The van der Waals surface area contributed by atoms with Gasteiger partial charge in [0, 0.05) is 17.8 Å². The predicted octanol–water partition coefficient (Wildman–Crippen LogP) is 2.02. The fraction of sp³-hybridized carbons (Fsp3) is 0.417. The van der Waals surface area contributed by atoms with Crippen molar-refractivity contribution in [3.05, 3.63) is 34.0 Å². The zero-order chi connectivity index (χ0) is 12.5. The van der Waals surface area contributed by atoms with E-state index in [-0.39, 0.29) is 11.7 Å². The standard InChI is InChI=1S/C12H14N4OS/c1-16(7-9-3-2-6-18-9)12(17)11-13-10(14-15-11)8-4-5-8/h2-3,6,8H,4-5,7H2,1H3,(H,13,14,15). The lowest BCUT2D eigenvalue weighted by atomic mass is 10.4. The second-order valence-electron chi connectivity index (χ2n) is 4.56. The minimum Gasteiger partial charge on any atom is -0.334 e. The highest BCUT2D eigenvalue weighted by Gasteiger charge is 2.28. The number of amides is 1. The molecule has 1 amide bonds. The van der Waals surface area contributed by atoms with Crippen LogP contribution in [0.1, 0.15) is 40.1 Å². The molecule has 2 heterocycles. The highest BCUT2D eigenvalue weighted by atomic mass is 32.1. The molecule has 1 fully saturated rings. The molecule has 0 radical (unpaired) electrons. The highest BCUT2D eigenvalue weighted by molar-refractivity contribution is 7.09. The maximum atomic E-state index is 12.1. The fourth-order valence-electron chi connectivity index (χ4n) is 1.79. The molecular weight excluding hydrogens is 248 g/mol. The maximum absolute atomic E-state index is 12.1. The molecule has 18 heavy (non-hydrogen) atoms. The number of hydrogen-bond donors (Lipinski definition) is 1. The lowest BCUT2D eigenvalue weighted by Crippen LogP contribution is -2.26. The summed E-state index contributed by atoms with van der Waals surface area (Å²) in [5.41, 5.74) is 0. The average Bonchev–Trinajstić information content (AvgIpc) is 2.91. The lowest BCUT2D eigenvalue weighted by molar-refractivity contribution is 0.0774. The fourth-order valence-corrected chi connectivity index (χ4v) is 2.55. The first kappa shape index (κ1) is 11.4. The van der Waals surface area contributed by atoms with Gasteiger partial charge in [-0.25, -0.2) is 4.98 Å². The van der Waals surface area contributed by atoms with E-state index in [0.29, 0.717) is 12.5 Å². The summed E-state index contributed by atoms with van der Waals surface area (Å²) in [4.78, 5) is 19.2. The summed E-state index contributed by atoms with van der Waals surface area (Å²) in [6.07, 6.45) is 2.29. The summed E-state index contributed by atoms with van der Waals surface area (Å²) in [7, 11) is 1.77. The number of aromatic amines is 1. The first-order valence-corrected chi connectivity index (χ1v) is 6.82. The predicted molar refractivity (Wildman–Crippen MR) is 68.5 cm³/mol. The van der Waals surface area contributed by atoms with Crippen molar-refractivity contribution in [2.45, 2.75) is 25.3 Å². The van der Waals surface area contributed by atoms with Gasteiger partial charge in [-0.1, -0.05) is 6.07 Å². The van der Waals surface area contributed by atoms with Crippen LogP contribution >= 0.6 is 11.3 Å². The molecule has 94 valence electrons. The monoisotopic (exact) mass is 262 g/mol. The van der Waals surface area contributed by atoms with Gasteiger partial charge in [-0.15, -0.1) is 16.4 Å². The van der Waals surface area contributed by atoms with E-state index in [9.17, 15) is 4.79 Å². The quantitative estimate of drug-likeness (QED) is 0.917. The van der Waals surface area contributed by atoms with Gasteiger partial charge in [0.15, 0.2) is 0 Å².